The van der Waals surface area contributed by atoms with E-state index in [0.717, 1.165) is 10.6 Å². The minimum Gasteiger partial charge on any atom is -0.288 e. The van der Waals surface area contributed by atoms with Crippen LogP contribution in [0.4, 0.5) is 13.2 Å². The fourth-order valence-corrected chi connectivity index (χ4v) is 2.92. The van der Waals surface area contributed by atoms with E-state index < -0.39 is 17.6 Å². The van der Waals surface area contributed by atoms with Crippen LogP contribution in [0.1, 0.15) is 32.3 Å². The third-order valence-electron chi connectivity index (χ3n) is 4.06. The highest BCUT2D eigenvalue weighted by Gasteiger charge is 2.49. The van der Waals surface area contributed by atoms with Crippen molar-refractivity contribution in [2.24, 2.45) is 5.41 Å². The largest absolute Gasteiger partial charge is 0.405 e. The van der Waals surface area contributed by atoms with Crippen LogP contribution in [0.2, 0.25) is 5.02 Å². The third kappa shape index (κ3) is 4.38. The van der Waals surface area contributed by atoms with Crippen LogP contribution in [0.3, 0.4) is 0 Å². The van der Waals surface area contributed by atoms with Crippen molar-refractivity contribution >= 4 is 17.5 Å². The van der Waals surface area contributed by atoms with Gasteiger partial charge in [0.15, 0.2) is 0 Å². The molecule has 1 aliphatic heterocycles. The Kier molecular flexibility index (Phi) is 5.26. The lowest BCUT2D eigenvalue weighted by molar-refractivity contribution is -0.190. The summed E-state index contributed by atoms with van der Waals surface area (Å²) in [5.74, 6) is -0.377. The van der Waals surface area contributed by atoms with Gasteiger partial charge in [0.2, 0.25) is 5.91 Å². The van der Waals surface area contributed by atoms with E-state index in [2.05, 4.69) is 5.43 Å². The van der Waals surface area contributed by atoms with Crippen molar-refractivity contribution in [2.45, 2.75) is 45.3 Å². The van der Waals surface area contributed by atoms with E-state index in [-0.39, 0.29) is 18.9 Å². The van der Waals surface area contributed by atoms with Gasteiger partial charge in [0.1, 0.15) is 6.04 Å². The molecule has 1 N–H and O–H groups in total. The van der Waals surface area contributed by atoms with E-state index in [1.54, 1.807) is 26.0 Å². The number of rotatable bonds is 5. The van der Waals surface area contributed by atoms with Gasteiger partial charge < -0.3 is 0 Å². The summed E-state index contributed by atoms with van der Waals surface area (Å²) in [7, 11) is 0. The first-order valence-electron chi connectivity index (χ1n) is 7.49. The molecule has 0 radical (unpaired) electrons. The standard InChI is InChI=1S/C16H20ClF3N2O/c1-15(2)10-22(21-14(15)23)13(16(18,19)20)9-5-7-11-6-3-4-8-12(11)17/h3-4,6,8,13H,5,7,9-10H2,1-2H3,(H,21,23)/t13-/m0/s1. The molecule has 1 saturated heterocycles. The van der Waals surface area contributed by atoms with E-state index in [0.29, 0.717) is 17.9 Å². The number of nitrogens with zero attached hydrogens (tertiary/aromatic N) is 1. The molecule has 0 bridgehead atoms. The van der Waals surface area contributed by atoms with Gasteiger partial charge in [-0.2, -0.15) is 13.2 Å². The number of alkyl halides is 3. The second-order valence-corrected chi connectivity index (χ2v) is 6.90. The Morgan fingerprint density at radius 1 is 1.35 bits per heavy atom. The maximum Gasteiger partial charge on any atom is 0.405 e. The van der Waals surface area contributed by atoms with Crippen molar-refractivity contribution in [3.63, 3.8) is 0 Å². The molecule has 0 aromatic heterocycles. The number of hydrazine groups is 1. The van der Waals surface area contributed by atoms with Crippen LogP contribution >= 0.6 is 11.6 Å². The normalized spacial score (nSPS) is 19.7. The quantitative estimate of drug-likeness (QED) is 0.873. The van der Waals surface area contributed by atoms with Crippen LogP contribution in [0.15, 0.2) is 24.3 Å². The van der Waals surface area contributed by atoms with Gasteiger partial charge in [0.25, 0.3) is 0 Å². The number of nitrogens with one attached hydrogen (secondary N) is 1. The van der Waals surface area contributed by atoms with E-state index in [1.165, 1.54) is 0 Å². The van der Waals surface area contributed by atoms with Crippen molar-refractivity contribution in [2.75, 3.05) is 6.54 Å². The molecule has 0 saturated carbocycles. The second-order valence-electron chi connectivity index (χ2n) is 6.49. The summed E-state index contributed by atoms with van der Waals surface area (Å²) in [5, 5.41) is 1.58. The van der Waals surface area contributed by atoms with Crippen LogP contribution in [0.25, 0.3) is 0 Å². The van der Waals surface area contributed by atoms with Gasteiger partial charge in [-0.3, -0.25) is 10.2 Å². The smallest absolute Gasteiger partial charge is 0.288 e. The number of benzene rings is 1. The Balaban J connectivity index is 2.01. The van der Waals surface area contributed by atoms with E-state index in [4.69, 9.17) is 11.6 Å². The van der Waals surface area contributed by atoms with E-state index in [9.17, 15) is 18.0 Å². The van der Waals surface area contributed by atoms with E-state index in [1.807, 2.05) is 12.1 Å². The first-order valence-corrected chi connectivity index (χ1v) is 7.87. The Hall–Kier alpha value is -1.27. The van der Waals surface area contributed by atoms with Gasteiger partial charge in [-0.05, 0) is 44.7 Å². The lowest BCUT2D eigenvalue weighted by Gasteiger charge is -2.29. The minimum atomic E-state index is -4.39. The Bertz CT molecular complexity index is 575. The Morgan fingerprint density at radius 2 is 2.00 bits per heavy atom. The van der Waals surface area contributed by atoms with Crippen LogP contribution in [-0.4, -0.2) is 29.7 Å². The van der Waals surface area contributed by atoms with Crippen LogP contribution in [0.5, 0.6) is 0 Å². The van der Waals surface area contributed by atoms with Crippen molar-refractivity contribution in [1.29, 1.82) is 0 Å². The van der Waals surface area contributed by atoms with Crippen molar-refractivity contribution in [3.8, 4) is 0 Å². The molecular formula is C16H20ClF3N2O. The first kappa shape index (κ1) is 18.1. The molecule has 1 aromatic rings. The average molecular weight is 349 g/mol. The molecule has 7 heteroatoms. The highest BCUT2D eigenvalue weighted by Crippen LogP contribution is 2.33. The van der Waals surface area contributed by atoms with E-state index >= 15 is 0 Å². The monoisotopic (exact) mass is 348 g/mol. The number of carbonyl (C=O) groups excluding carboxylic acids is 1. The summed E-state index contributed by atoms with van der Waals surface area (Å²) in [6, 6.07) is 5.45. The van der Waals surface area contributed by atoms with Crippen molar-refractivity contribution in [1.82, 2.24) is 10.4 Å². The minimum absolute atomic E-state index is 0.0438. The number of hydrogen-bond donors (Lipinski definition) is 1. The van der Waals surface area contributed by atoms with Crippen LogP contribution < -0.4 is 5.43 Å². The summed E-state index contributed by atoms with van der Waals surface area (Å²) in [4.78, 5) is 11.7. The van der Waals surface area contributed by atoms with Crippen molar-refractivity contribution in [3.05, 3.63) is 34.9 Å². The molecule has 0 unspecified atom stereocenters. The summed E-state index contributed by atoms with van der Waals surface area (Å²) in [5.41, 5.74) is 2.38. The third-order valence-corrected chi connectivity index (χ3v) is 4.43. The molecule has 23 heavy (non-hydrogen) atoms. The Morgan fingerprint density at radius 3 is 2.52 bits per heavy atom. The summed E-state index contributed by atoms with van der Waals surface area (Å²) in [6.07, 6.45) is -3.68. The molecule has 1 atom stereocenters. The zero-order chi connectivity index (χ0) is 17.3. The maximum atomic E-state index is 13.3. The fourth-order valence-electron chi connectivity index (χ4n) is 2.69. The number of halogens is 4. The lowest BCUT2D eigenvalue weighted by atomic mass is 9.94. The predicted octanol–water partition coefficient (Wildman–Crippen LogP) is 3.97. The summed E-state index contributed by atoms with van der Waals surface area (Å²) >= 11 is 6.02. The van der Waals surface area contributed by atoms with Crippen molar-refractivity contribution < 1.29 is 18.0 Å². The van der Waals surface area contributed by atoms with Crippen LogP contribution in [0, 0.1) is 5.41 Å². The molecule has 1 fully saturated rings. The molecular weight excluding hydrogens is 329 g/mol. The summed E-state index contributed by atoms with van der Waals surface area (Å²) < 4.78 is 40.0. The zero-order valence-corrected chi connectivity index (χ0v) is 13.8. The molecule has 1 aliphatic rings. The highest BCUT2D eigenvalue weighted by molar-refractivity contribution is 6.31. The molecule has 1 heterocycles. The molecule has 0 aliphatic carbocycles. The Labute approximate surface area is 138 Å². The fraction of sp³-hybridized carbons (Fsp3) is 0.562. The average Bonchev–Trinajstić information content (AvgIpc) is 2.69. The zero-order valence-electron chi connectivity index (χ0n) is 13.1. The SMILES string of the molecule is CC1(C)CN([C@@H](CCCc2ccccc2Cl)C(F)(F)F)NC1=O. The maximum absolute atomic E-state index is 13.3. The lowest BCUT2D eigenvalue weighted by Crippen LogP contribution is -2.50. The number of amides is 1. The number of carbonyl (C=O) groups is 1. The molecule has 1 aromatic carbocycles. The van der Waals surface area contributed by atoms with Gasteiger partial charge >= 0.3 is 6.18 Å². The van der Waals surface area contributed by atoms with Crippen LogP contribution in [-0.2, 0) is 11.2 Å². The molecule has 3 nitrogen and oxygen atoms in total. The molecule has 2 rings (SSSR count). The molecule has 128 valence electrons. The topological polar surface area (TPSA) is 32.3 Å². The highest BCUT2D eigenvalue weighted by atomic mass is 35.5. The summed E-state index contributed by atoms with van der Waals surface area (Å²) in [6.45, 7) is 3.32. The predicted molar refractivity (Wildman–Crippen MR) is 82.9 cm³/mol. The first-order chi connectivity index (χ1) is 10.6. The molecule has 0 spiro atoms. The number of aryl methyl sites for hydroxylation is 1. The van der Waals surface area contributed by atoms with Gasteiger partial charge in [0.05, 0.1) is 5.41 Å². The molecule has 1 amide bonds. The van der Waals surface area contributed by atoms with Gasteiger partial charge in [-0.15, -0.1) is 0 Å². The van der Waals surface area contributed by atoms with Gasteiger partial charge in [-0.25, -0.2) is 5.01 Å². The van der Waals surface area contributed by atoms with Gasteiger partial charge in [-0.1, -0.05) is 29.8 Å². The number of hydrogen-bond acceptors (Lipinski definition) is 2. The van der Waals surface area contributed by atoms with Gasteiger partial charge in [0, 0.05) is 11.6 Å². The second kappa shape index (κ2) is 6.69.